The third-order valence-corrected chi connectivity index (χ3v) is 6.10. The van der Waals surface area contributed by atoms with Gasteiger partial charge in [0, 0.05) is 23.5 Å². The molecule has 10 nitrogen and oxygen atoms in total. The van der Waals surface area contributed by atoms with Gasteiger partial charge in [0.2, 0.25) is 5.91 Å². The van der Waals surface area contributed by atoms with Crippen LogP contribution in [-0.4, -0.2) is 51.7 Å². The maximum atomic E-state index is 12.8. The van der Waals surface area contributed by atoms with Gasteiger partial charge in [0.15, 0.2) is 11.5 Å². The van der Waals surface area contributed by atoms with E-state index in [2.05, 4.69) is 25.6 Å². The molecule has 2 aromatic carbocycles. The molecule has 0 saturated heterocycles. The molecule has 1 atom stereocenters. The molecule has 36 heavy (non-hydrogen) atoms. The van der Waals surface area contributed by atoms with E-state index in [0.717, 1.165) is 22.4 Å². The number of ether oxygens (including phenoxy) is 3. The maximum absolute atomic E-state index is 12.8. The van der Waals surface area contributed by atoms with Gasteiger partial charge in [-0.2, -0.15) is 14.9 Å². The SMILES string of the molecule is CCOc1ccc(C2CC(=O)Nc3c2c(C)nn3-c2nncc(-c3cccc(OC)c3)n2)cc1OC. The monoisotopic (exact) mass is 486 g/mol. The number of amides is 1. The maximum Gasteiger partial charge on any atom is 0.272 e. The number of fused-ring (bicyclic) bond motifs is 1. The first-order valence-electron chi connectivity index (χ1n) is 11.6. The summed E-state index contributed by atoms with van der Waals surface area (Å²) in [4.78, 5) is 17.5. The highest BCUT2D eigenvalue weighted by Gasteiger charge is 2.33. The Bertz CT molecular complexity index is 1430. The normalized spacial score (nSPS) is 14.7. The Morgan fingerprint density at radius 1 is 1.11 bits per heavy atom. The number of carbonyl (C=O) groups excluding carboxylic acids is 1. The number of carbonyl (C=O) groups is 1. The van der Waals surface area contributed by atoms with Gasteiger partial charge >= 0.3 is 0 Å². The Kier molecular flexibility index (Phi) is 6.24. The Morgan fingerprint density at radius 3 is 2.75 bits per heavy atom. The van der Waals surface area contributed by atoms with E-state index in [-0.39, 0.29) is 24.2 Å². The summed E-state index contributed by atoms with van der Waals surface area (Å²) in [6, 6.07) is 13.3. The van der Waals surface area contributed by atoms with E-state index >= 15 is 0 Å². The zero-order valence-corrected chi connectivity index (χ0v) is 20.5. The van der Waals surface area contributed by atoms with E-state index in [4.69, 9.17) is 14.2 Å². The van der Waals surface area contributed by atoms with E-state index in [1.165, 1.54) is 4.68 Å². The highest BCUT2D eigenvalue weighted by molar-refractivity contribution is 5.95. The van der Waals surface area contributed by atoms with Crippen LogP contribution in [0.15, 0.2) is 48.7 Å². The molecule has 0 spiro atoms. The Labute approximate surface area is 208 Å². The van der Waals surface area contributed by atoms with Crippen LogP contribution in [0.2, 0.25) is 0 Å². The molecule has 0 saturated carbocycles. The molecule has 0 aliphatic carbocycles. The highest BCUT2D eigenvalue weighted by atomic mass is 16.5. The van der Waals surface area contributed by atoms with Gasteiger partial charge in [-0.15, -0.1) is 5.10 Å². The number of methoxy groups -OCH3 is 2. The van der Waals surface area contributed by atoms with Crippen LogP contribution >= 0.6 is 0 Å². The molecule has 1 unspecified atom stereocenters. The Balaban J connectivity index is 1.58. The van der Waals surface area contributed by atoms with Crippen LogP contribution in [0.5, 0.6) is 17.2 Å². The molecular formula is C26H26N6O4. The second-order valence-electron chi connectivity index (χ2n) is 8.28. The van der Waals surface area contributed by atoms with Crippen LogP contribution in [0.4, 0.5) is 5.82 Å². The number of aryl methyl sites for hydroxylation is 1. The van der Waals surface area contributed by atoms with Crippen molar-refractivity contribution >= 4 is 11.7 Å². The van der Waals surface area contributed by atoms with E-state index in [9.17, 15) is 4.79 Å². The zero-order chi connectivity index (χ0) is 25.2. The minimum Gasteiger partial charge on any atom is -0.497 e. The first-order chi connectivity index (χ1) is 17.5. The molecule has 1 amide bonds. The first-order valence-corrected chi connectivity index (χ1v) is 11.6. The summed E-state index contributed by atoms with van der Waals surface area (Å²) in [6.07, 6.45) is 1.86. The van der Waals surface area contributed by atoms with Gasteiger partial charge in [0.1, 0.15) is 11.6 Å². The van der Waals surface area contributed by atoms with Crippen molar-refractivity contribution in [3.8, 4) is 34.5 Å². The van der Waals surface area contributed by atoms with E-state index in [1.807, 2.05) is 56.3 Å². The van der Waals surface area contributed by atoms with E-state index < -0.39 is 0 Å². The second kappa shape index (κ2) is 9.65. The number of hydrogen-bond donors (Lipinski definition) is 1. The van der Waals surface area contributed by atoms with E-state index in [1.54, 1.807) is 20.4 Å². The molecule has 184 valence electrons. The zero-order valence-electron chi connectivity index (χ0n) is 20.5. The average molecular weight is 487 g/mol. The van der Waals surface area contributed by atoms with Crippen LogP contribution in [-0.2, 0) is 4.79 Å². The minimum atomic E-state index is -0.221. The van der Waals surface area contributed by atoms with Gasteiger partial charge in [-0.05, 0) is 43.7 Å². The number of anilines is 1. The molecule has 1 aliphatic heterocycles. The number of benzene rings is 2. The Hall–Kier alpha value is -4.47. The number of hydrogen-bond acceptors (Lipinski definition) is 8. The van der Waals surface area contributed by atoms with Crippen LogP contribution < -0.4 is 19.5 Å². The minimum absolute atomic E-state index is 0.126. The smallest absolute Gasteiger partial charge is 0.272 e. The van der Waals surface area contributed by atoms with Gasteiger partial charge in [0.25, 0.3) is 5.95 Å². The summed E-state index contributed by atoms with van der Waals surface area (Å²) in [6.45, 7) is 4.36. The van der Waals surface area contributed by atoms with Gasteiger partial charge < -0.3 is 19.5 Å². The van der Waals surface area contributed by atoms with Crippen molar-refractivity contribution in [2.45, 2.75) is 26.2 Å². The van der Waals surface area contributed by atoms with Crippen molar-refractivity contribution in [3.63, 3.8) is 0 Å². The third-order valence-electron chi connectivity index (χ3n) is 6.10. The lowest BCUT2D eigenvalue weighted by Crippen LogP contribution is -2.25. The molecule has 10 heteroatoms. The molecule has 1 aliphatic rings. The molecule has 4 aromatic rings. The lowest BCUT2D eigenvalue weighted by atomic mass is 9.85. The van der Waals surface area contributed by atoms with Crippen molar-refractivity contribution in [2.75, 3.05) is 26.1 Å². The predicted octanol–water partition coefficient (Wildman–Crippen LogP) is 3.92. The van der Waals surface area contributed by atoms with Gasteiger partial charge in [-0.3, -0.25) is 4.79 Å². The third kappa shape index (κ3) is 4.21. The Morgan fingerprint density at radius 2 is 1.97 bits per heavy atom. The van der Waals surface area contributed by atoms with Crippen molar-refractivity contribution in [3.05, 3.63) is 65.5 Å². The lowest BCUT2D eigenvalue weighted by Gasteiger charge is -2.24. The fourth-order valence-corrected chi connectivity index (χ4v) is 4.46. The highest BCUT2D eigenvalue weighted by Crippen LogP contribution is 2.42. The summed E-state index contributed by atoms with van der Waals surface area (Å²) in [5.74, 6) is 2.42. The molecular weight excluding hydrogens is 460 g/mol. The fourth-order valence-electron chi connectivity index (χ4n) is 4.46. The number of rotatable bonds is 7. The van der Waals surface area contributed by atoms with E-state index in [0.29, 0.717) is 35.4 Å². The molecule has 0 radical (unpaired) electrons. The number of nitrogens with zero attached hydrogens (tertiary/aromatic N) is 5. The summed E-state index contributed by atoms with van der Waals surface area (Å²) < 4.78 is 18.1. The van der Waals surface area contributed by atoms with Crippen molar-refractivity contribution in [1.82, 2.24) is 25.0 Å². The number of aromatic nitrogens is 5. The molecule has 2 aromatic heterocycles. The predicted molar refractivity (Wildman–Crippen MR) is 133 cm³/mol. The molecule has 0 fully saturated rings. The summed E-state index contributed by atoms with van der Waals surface area (Å²) in [5, 5.41) is 16.0. The van der Waals surface area contributed by atoms with Gasteiger partial charge in [-0.25, -0.2) is 4.98 Å². The van der Waals surface area contributed by atoms with Crippen molar-refractivity contribution in [1.29, 1.82) is 0 Å². The van der Waals surface area contributed by atoms with Crippen LogP contribution in [0.3, 0.4) is 0 Å². The molecule has 0 bridgehead atoms. The largest absolute Gasteiger partial charge is 0.497 e. The van der Waals surface area contributed by atoms with Crippen molar-refractivity contribution in [2.24, 2.45) is 0 Å². The summed E-state index contributed by atoms with van der Waals surface area (Å²) in [5.41, 5.74) is 4.02. The van der Waals surface area contributed by atoms with Crippen LogP contribution in [0.1, 0.15) is 36.1 Å². The first kappa shape index (κ1) is 23.3. The quantitative estimate of drug-likeness (QED) is 0.418. The molecule has 5 rings (SSSR count). The van der Waals surface area contributed by atoms with Crippen molar-refractivity contribution < 1.29 is 19.0 Å². The van der Waals surface area contributed by atoms with Gasteiger partial charge in [-0.1, -0.05) is 18.2 Å². The summed E-state index contributed by atoms with van der Waals surface area (Å²) >= 11 is 0. The molecule has 1 N–H and O–H groups in total. The second-order valence-corrected chi connectivity index (χ2v) is 8.28. The van der Waals surface area contributed by atoms with Crippen LogP contribution in [0.25, 0.3) is 17.2 Å². The van der Waals surface area contributed by atoms with Gasteiger partial charge in [0.05, 0.1) is 38.4 Å². The average Bonchev–Trinajstić information content (AvgIpc) is 3.24. The lowest BCUT2D eigenvalue weighted by molar-refractivity contribution is -0.116. The molecule has 3 heterocycles. The fraction of sp³-hybridized carbons (Fsp3) is 0.269. The topological polar surface area (TPSA) is 113 Å². The number of nitrogens with one attached hydrogen (secondary N) is 1. The summed E-state index contributed by atoms with van der Waals surface area (Å²) in [7, 11) is 3.21. The standard InChI is InChI=1S/C26H26N6O4/c1-5-36-21-10-9-16(12-22(21)35-4)19-13-23(33)29-25-24(19)15(2)31-32(25)26-28-20(14-27-30-26)17-7-6-8-18(11-17)34-3/h6-12,14,19H,5,13H2,1-4H3,(H,29,33). The van der Waals surface area contributed by atoms with Crippen LogP contribution in [0, 0.1) is 6.92 Å².